The molecule has 0 fully saturated rings. The van der Waals surface area contributed by atoms with Gasteiger partial charge in [-0.15, -0.1) is 0 Å². The number of pyridine rings is 1. The third kappa shape index (κ3) is 4.44. The van der Waals surface area contributed by atoms with E-state index >= 15 is 0 Å². The first-order valence-electron chi connectivity index (χ1n) is 6.97. The Morgan fingerprint density at radius 1 is 1.10 bits per heavy atom. The average molecular weight is 270 g/mol. The molecule has 1 heterocycles. The van der Waals surface area contributed by atoms with Crippen molar-refractivity contribution < 1.29 is 5.11 Å². The van der Waals surface area contributed by atoms with Crippen molar-refractivity contribution >= 4 is 0 Å². The first-order chi connectivity index (χ1) is 9.65. The van der Waals surface area contributed by atoms with Crippen molar-refractivity contribution in [2.75, 3.05) is 20.1 Å². The second-order valence-electron chi connectivity index (χ2n) is 5.29. The number of rotatable bonds is 6. The van der Waals surface area contributed by atoms with Crippen molar-refractivity contribution in [2.24, 2.45) is 0 Å². The van der Waals surface area contributed by atoms with Crippen molar-refractivity contribution in [1.82, 2.24) is 9.88 Å². The molecule has 2 aromatic rings. The van der Waals surface area contributed by atoms with Gasteiger partial charge in [0, 0.05) is 25.5 Å². The fourth-order valence-electron chi connectivity index (χ4n) is 2.15. The minimum atomic E-state index is -0.432. The summed E-state index contributed by atoms with van der Waals surface area (Å²) in [5.74, 6) is 0. The molecular weight excluding hydrogens is 248 g/mol. The Labute approximate surface area is 120 Å². The van der Waals surface area contributed by atoms with Crippen LogP contribution in [0.25, 0.3) is 0 Å². The molecule has 1 atom stereocenters. The molecule has 20 heavy (non-hydrogen) atoms. The van der Waals surface area contributed by atoms with Crippen LogP contribution in [0.3, 0.4) is 0 Å². The van der Waals surface area contributed by atoms with Crippen LogP contribution in [-0.2, 0) is 6.42 Å². The van der Waals surface area contributed by atoms with Crippen molar-refractivity contribution in [1.29, 1.82) is 0 Å². The molecule has 0 aliphatic rings. The Morgan fingerprint density at radius 2 is 1.75 bits per heavy atom. The Morgan fingerprint density at radius 3 is 2.40 bits per heavy atom. The quantitative estimate of drug-likeness (QED) is 0.876. The molecule has 0 aliphatic carbocycles. The Hall–Kier alpha value is -1.71. The summed E-state index contributed by atoms with van der Waals surface area (Å²) >= 11 is 0. The normalized spacial score (nSPS) is 12.6. The van der Waals surface area contributed by atoms with E-state index in [0.717, 1.165) is 18.5 Å². The number of likely N-dealkylation sites (N-methyl/N-ethyl adjacent to an activating group) is 1. The second kappa shape index (κ2) is 7.17. The van der Waals surface area contributed by atoms with Gasteiger partial charge in [-0.05, 0) is 43.7 Å². The smallest absolute Gasteiger partial charge is 0.0916 e. The maximum Gasteiger partial charge on any atom is 0.0916 e. The Kier molecular flexibility index (Phi) is 5.27. The molecule has 1 aromatic heterocycles. The number of aliphatic hydroxyl groups excluding tert-OH is 1. The Bertz CT molecular complexity index is 510. The van der Waals surface area contributed by atoms with Crippen LogP contribution in [0, 0.1) is 6.92 Å². The van der Waals surface area contributed by atoms with E-state index in [1.807, 2.05) is 55.8 Å². The fourth-order valence-corrected chi connectivity index (χ4v) is 2.15. The second-order valence-corrected chi connectivity index (χ2v) is 5.29. The van der Waals surface area contributed by atoms with Crippen molar-refractivity contribution in [3.05, 3.63) is 65.5 Å². The van der Waals surface area contributed by atoms with E-state index in [1.54, 1.807) is 0 Å². The minimum absolute atomic E-state index is 0.432. The molecule has 2 rings (SSSR count). The summed E-state index contributed by atoms with van der Waals surface area (Å²) in [6, 6.07) is 12.1. The molecule has 0 aliphatic heterocycles. The molecular formula is C17H22N2O. The Balaban J connectivity index is 1.82. The molecule has 1 aromatic carbocycles. The molecule has 1 unspecified atom stereocenters. The summed E-state index contributed by atoms with van der Waals surface area (Å²) < 4.78 is 0. The van der Waals surface area contributed by atoms with E-state index in [4.69, 9.17) is 0 Å². The number of aryl methyl sites for hydroxylation is 1. The maximum absolute atomic E-state index is 10.2. The van der Waals surface area contributed by atoms with Crippen LogP contribution in [0.1, 0.15) is 22.8 Å². The van der Waals surface area contributed by atoms with Crippen LogP contribution < -0.4 is 0 Å². The van der Waals surface area contributed by atoms with Gasteiger partial charge < -0.3 is 10.0 Å². The number of hydrogen-bond acceptors (Lipinski definition) is 3. The van der Waals surface area contributed by atoms with E-state index in [9.17, 15) is 5.11 Å². The molecule has 1 N–H and O–H groups in total. The summed E-state index contributed by atoms with van der Waals surface area (Å²) in [4.78, 5) is 6.17. The third-order valence-electron chi connectivity index (χ3n) is 3.48. The van der Waals surface area contributed by atoms with E-state index in [-0.39, 0.29) is 0 Å². The highest BCUT2D eigenvalue weighted by atomic mass is 16.3. The topological polar surface area (TPSA) is 36.4 Å². The van der Waals surface area contributed by atoms with Gasteiger partial charge in [0.1, 0.15) is 0 Å². The zero-order chi connectivity index (χ0) is 14.4. The van der Waals surface area contributed by atoms with Gasteiger partial charge in [-0.3, -0.25) is 4.98 Å². The number of aliphatic hydroxyl groups is 1. The first kappa shape index (κ1) is 14.7. The minimum Gasteiger partial charge on any atom is -0.387 e. The number of nitrogens with zero attached hydrogens (tertiary/aromatic N) is 2. The van der Waals surface area contributed by atoms with E-state index in [0.29, 0.717) is 6.54 Å². The molecule has 0 bridgehead atoms. The molecule has 0 saturated carbocycles. The SMILES string of the molecule is Cc1ccc(C(O)CN(C)CCc2ccncc2)cc1. The van der Waals surface area contributed by atoms with Gasteiger partial charge in [0.2, 0.25) is 0 Å². The van der Waals surface area contributed by atoms with Gasteiger partial charge in [0.05, 0.1) is 6.10 Å². The van der Waals surface area contributed by atoms with Crippen molar-refractivity contribution in [3.8, 4) is 0 Å². The van der Waals surface area contributed by atoms with Crippen LogP contribution in [0.2, 0.25) is 0 Å². The van der Waals surface area contributed by atoms with E-state index < -0.39 is 6.10 Å². The highest BCUT2D eigenvalue weighted by Gasteiger charge is 2.10. The predicted octanol–water partition coefficient (Wildman–Crippen LogP) is 2.60. The molecule has 106 valence electrons. The van der Waals surface area contributed by atoms with Crippen LogP contribution in [0.4, 0.5) is 0 Å². The lowest BCUT2D eigenvalue weighted by molar-refractivity contribution is 0.127. The zero-order valence-corrected chi connectivity index (χ0v) is 12.2. The van der Waals surface area contributed by atoms with Gasteiger partial charge in [0.15, 0.2) is 0 Å². The summed E-state index contributed by atoms with van der Waals surface area (Å²) in [7, 11) is 2.04. The predicted molar refractivity (Wildman–Crippen MR) is 81.6 cm³/mol. The summed E-state index contributed by atoms with van der Waals surface area (Å²) in [6.45, 7) is 3.62. The standard InChI is InChI=1S/C17H22N2O/c1-14-3-5-16(6-4-14)17(20)13-19(2)12-9-15-7-10-18-11-8-15/h3-8,10-11,17,20H,9,12-13H2,1-2H3. The first-order valence-corrected chi connectivity index (χ1v) is 6.97. The van der Waals surface area contributed by atoms with E-state index in [2.05, 4.69) is 16.8 Å². The van der Waals surface area contributed by atoms with Gasteiger partial charge in [-0.25, -0.2) is 0 Å². The molecule has 3 heteroatoms. The average Bonchev–Trinajstić information content (AvgIpc) is 2.47. The van der Waals surface area contributed by atoms with Gasteiger partial charge in [0.25, 0.3) is 0 Å². The van der Waals surface area contributed by atoms with Crippen LogP contribution in [-0.4, -0.2) is 35.1 Å². The van der Waals surface area contributed by atoms with Crippen molar-refractivity contribution in [3.63, 3.8) is 0 Å². The van der Waals surface area contributed by atoms with E-state index in [1.165, 1.54) is 11.1 Å². The van der Waals surface area contributed by atoms with Crippen LogP contribution >= 0.6 is 0 Å². The number of benzene rings is 1. The number of hydrogen-bond donors (Lipinski definition) is 1. The summed E-state index contributed by atoms with van der Waals surface area (Å²) in [5.41, 5.74) is 3.47. The number of aromatic nitrogens is 1. The highest BCUT2D eigenvalue weighted by molar-refractivity contribution is 5.23. The molecule has 0 radical (unpaired) electrons. The molecule has 3 nitrogen and oxygen atoms in total. The maximum atomic E-state index is 10.2. The lowest BCUT2D eigenvalue weighted by atomic mass is 10.1. The zero-order valence-electron chi connectivity index (χ0n) is 12.2. The molecule has 0 amide bonds. The molecule has 0 saturated heterocycles. The van der Waals surface area contributed by atoms with Gasteiger partial charge in [-0.1, -0.05) is 29.8 Å². The van der Waals surface area contributed by atoms with Crippen LogP contribution in [0.5, 0.6) is 0 Å². The summed E-state index contributed by atoms with van der Waals surface area (Å²) in [5, 5.41) is 10.2. The van der Waals surface area contributed by atoms with Gasteiger partial charge in [-0.2, -0.15) is 0 Å². The summed E-state index contributed by atoms with van der Waals surface area (Å²) in [6.07, 6.45) is 4.17. The van der Waals surface area contributed by atoms with Crippen molar-refractivity contribution in [2.45, 2.75) is 19.4 Å². The fraction of sp³-hybridized carbons (Fsp3) is 0.353. The lowest BCUT2D eigenvalue weighted by Gasteiger charge is -2.21. The third-order valence-corrected chi connectivity index (χ3v) is 3.48. The molecule has 0 spiro atoms. The van der Waals surface area contributed by atoms with Gasteiger partial charge >= 0.3 is 0 Å². The lowest BCUT2D eigenvalue weighted by Crippen LogP contribution is -2.26. The van der Waals surface area contributed by atoms with Crippen LogP contribution in [0.15, 0.2) is 48.8 Å². The highest BCUT2D eigenvalue weighted by Crippen LogP contribution is 2.14. The monoisotopic (exact) mass is 270 g/mol. The largest absolute Gasteiger partial charge is 0.387 e.